The number of carboxylic acid groups (broad SMARTS) is 1. The van der Waals surface area contributed by atoms with Gasteiger partial charge in [-0.2, -0.15) is 0 Å². The zero-order chi connectivity index (χ0) is 10.7. The van der Waals surface area contributed by atoms with Gasteiger partial charge >= 0.3 is 5.97 Å². The predicted molar refractivity (Wildman–Crippen MR) is 45.7 cm³/mol. The molecule has 0 aliphatic heterocycles. The van der Waals surface area contributed by atoms with Crippen molar-refractivity contribution in [2.45, 2.75) is 12.2 Å². The molecule has 0 saturated carbocycles. The van der Waals surface area contributed by atoms with Gasteiger partial charge in [-0.15, -0.1) is 0 Å². The van der Waals surface area contributed by atoms with Gasteiger partial charge in [0.15, 0.2) is 11.5 Å². The van der Waals surface area contributed by atoms with E-state index in [0.29, 0.717) is 0 Å². The molecule has 4 N–H and O–H groups in total. The minimum Gasteiger partial charge on any atom is -0.479 e. The van der Waals surface area contributed by atoms with Crippen LogP contribution in [0.15, 0.2) is 23.3 Å². The molecule has 2 unspecified atom stereocenters. The molecule has 2 atom stereocenters. The number of aromatic nitrogens is 1. The first kappa shape index (κ1) is 10.4. The van der Waals surface area contributed by atoms with E-state index in [-0.39, 0.29) is 5.56 Å². The number of hydrogen-bond acceptors (Lipinski definition) is 4. The van der Waals surface area contributed by atoms with Crippen LogP contribution in [-0.2, 0) is 4.79 Å². The Labute approximate surface area is 78.5 Å². The first-order valence-electron chi connectivity index (χ1n) is 3.80. The van der Waals surface area contributed by atoms with Crippen LogP contribution in [0.2, 0.25) is 0 Å². The van der Waals surface area contributed by atoms with Crippen molar-refractivity contribution in [2.75, 3.05) is 0 Å². The second-order valence-electron chi connectivity index (χ2n) is 2.69. The number of pyridine rings is 1. The third kappa shape index (κ3) is 1.98. The average Bonchev–Trinajstić information content (AvgIpc) is 2.16. The molecule has 1 rings (SSSR count). The molecular formula is C8H9NO5. The molecule has 0 bridgehead atoms. The van der Waals surface area contributed by atoms with Crippen molar-refractivity contribution in [3.8, 4) is 0 Å². The topological polar surface area (TPSA) is 111 Å². The Hall–Kier alpha value is -1.66. The van der Waals surface area contributed by atoms with Gasteiger partial charge in [0.05, 0.1) is 0 Å². The number of aliphatic hydroxyl groups is 2. The molecule has 76 valence electrons. The molecule has 0 spiro atoms. The Balaban J connectivity index is 3.01. The van der Waals surface area contributed by atoms with Gasteiger partial charge in [-0.1, -0.05) is 0 Å². The molecule has 0 aromatic carbocycles. The summed E-state index contributed by atoms with van der Waals surface area (Å²) in [4.78, 5) is 23.9. The fourth-order valence-electron chi connectivity index (χ4n) is 0.965. The van der Waals surface area contributed by atoms with Crippen LogP contribution in [0.1, 0.15) is 11.7 Å². The van der Waals surface area contributed by atoms with E-state index in [0.717, 1.165) is 12.3 Å². The number of rotatable bonds is 3. The van der Waals surface area contributed by atoms with Crippen molar-refractivity contribution in [1.29, 1.82) is 0 Å². The quantitative estimate of drug-likeness (QED) is 0.491. The number of H-pyrrole nitrogens is 1. The van der Waals surface area contributed by atoms with Crippen molar-refractivity contribution in [3.63, 3.8) is 0 Å². The number of aliphatic carboxylic acids is 1. The second-order valence-corrected chi connectivity index (χ2v) is 2.69. The lowest BCUT2D eigenvalue weighted by molar-refractivity contribution is -0.153. The summed E-state index contributed by atoms with van der Waals surface area (Å²) in [5, 5.41) is 26.6. The highest BCUT2D eigenvalue weighted by Crippen LogP contribution is 2.11. The van der Waals surface area contributed by atoms with Gasteiger partial charge in [0.2, 0.25) is 0 Å². The van der Waals surface area contributed by atoms with Gasteiger partial charge in [-0.3, -0.25) is 4.79 Å². The van der Waals surface area contributed by atoms with Crippen LogP contribution in [0.3, 0.4) is 0 Å². The first-order valence-corrected chi connectivity index (χ1v) is 3.80. The SMILES string of the molecule is O=C(O)C(O)C(O)c1c[nH]ccc1=O. The van der Waals surface area contributed by atoms with Crippen LogP contribution in [0, 0.1) is 0 Å². The van der Waals surface area contributed by atoms with Gasteiger partial charge in [-0.25, -0.2) is 4.79 Å². The van der Waals surface area contributed by atoms with Gasteiger partial charge in [0.1, 0.15) is 6.10 Å². The standard InChI is InChI=1S/C8H9NO5/c10-5-1-2-9-3-4(5)6(11)7(12)8(13)14/h1-3,6-7,11-12H,(H,9,10)(H,13,14). The van der Waals surface area contributed by atoms with Crippen LogP contribution in [0.4, 0.5) is 0 Å². The van der Waals surface area contributed by atoms with Crippen LogP contribution in [-0.4, -0.2) is 32.4 Å². The van der Waals surface area contributed by atoms with E-state index in [1.54, 1.807) is 0 Å². The van der Waals surface area contributed by atoms with Crippen molar-refractivity contribution in [3.05, 3.63) is 34.2 Å². The number of nitrogens with one attached hydrogen (secondary N) is 1. The van der Waals surface area contributed by atoms with E-state index in [2.05, 4.69) is 4.98 Å². The maximum Gasteiger partial charge on any atom is 0.335 e. The Bertz CT molecular complexity index is 385. The molecule has 1 aromatic heterocycles. The number of aromatic amines is 1. The second kappa shape index (κ2) is 4.03. The summed E-state index contributed by atoms with van der Waals surface area (Å²) in [6, 6.07) is 1.13. The molecule has 0 aliphatic rings. The summed E-state index contributed by atoms with van der Waals surface area (Å²) in [6.45, 7) is 0. The molecule has 1 heterocycles. The van der Waals surface area contributed by atoms with E-state index in [1.165, 1.54) is 6.20 Å². The summed E-state index contributed by atoms with van der Waals surface area (Å²) >= 11 is 0. The highest BCUT2D eigenvalue weighted by molar-refractivity contribution is 5.73. The highest BCUT2D eigenvalue weighted by atomic mass is 16.4. The van der Waals surface area contributed by atoms with Crippen molar-refractivity contribution in [1.82, 2.24) is 4.98 Å². The summed E-state index contributed by atoms with van der Waals surface area (Å²) in [6.07, 6.45) is -1.24. The molecule has 6 heteroatoms. The Morgan fingerprint density at radius 2 is 2.07 bits per heavy atom. The van der Waals surface area contributed by atoms with Crippen LogP contribution in [0.5, 0.6) is 0 Å². The number of carbonyl (C=O) groups is 1. The molecule has 14 heavy (non-hydrogen) atoms. The maximum absolute atomic E-state index is 11.1. The summed E-state index contributed by atoms with van der Waals surface area (Å²) in [5.41, 5.74) is -0.709. The highest BCUT2D eigenvalue weighted by Gasteiger charge is 2.26. The molecule has 6 nitrogen and oxygen atoms in total. The third-order valence-corrected chi connectivity index (χ3v) is 1.73. The molecular weight excluding hydrogens is 190 g/mol. The summed E-state index contributed by atoms with van der Waals surface area (Å²) in [5.74, 6) is -1.58. The average molecular weight is 199 g/mol. The maximum atomic E-state index is 11.1. The van der Waals surface area contributed by atoms with E-state index in [9.17, 15) is 14.7 Å². The van der Waals surface area contributed by atoms with Crippen LogP contribution < -0.4 is 5.43 Å². The smallest absolute Gasteiger partial charge is 0.335 e. The monoisotopic (exact) mass is 199 g/mol. The van der Waals surface area contributed by atoms with Gasteiger partial charge in [0.25, 0.3) is 0 Å². The minimum absolute atomic E-state index is 0.178. The Morgan fingerprint density at radius 1 is 1.43 bits per heavy atom. The predicted octanol–water partition coefficient (Wildman–Crippen LogP) is -1.15. The number of carboxylic acids is 1. The lowest BCUT2D eigenvalue weighted by atomic mass is 10.1. The molecule has 0 fully saturated rings. The summed E-state index contributed by atoms with van der Waals surface area (Å²) < 4.78 is 0. The largest absolute Gasteiger partial charge is 0.479 e. The van der Waals surface area contributed by atoms with E-state index in [1.807, 2.05) is 0 Å². The fraction of sp³-hybridized carbons (Fsp3) is 0.250. The van der Waals surface area contributed by atoms with Crippen LogP contribution >= 0.6 is 0 Å². The first-order chi connectivity index (χ1) is 6.54. The molecule has 0 aliphatic carbocycles. The lowest BCUT2D eigenvalue weighted by Gasteiger charge is -2.12. The van der Waals surface area contributed by atoms with Crippen molar-refractivity contribution in [2.24, 2.45) is 0 Å². The summed E-state index contributed by atoms with van der Waals surface area (Å²) in [7, 11) is 0. The number of hydrogen-bond donors (Lipinski definition) is 4. The fourth-order valence-corrected chi connectivity index (χ4v) is 0.965. The van der Waals surface area contributed by atoms with Gasteiger partial charge < -0.3 is 20.3 Å². The van der Waals surface area contributed by atoms with E-state index < -0.39 is 23.6 Å². The van der Waals surface area contributed by atoms with E-state index in [4.69, 9.17) is 10.2 Å². The van der Waals surface area contributed by atoms with E-state index >= 15 is 0 Å². The molecule has 0 amide bonds. The normalized spacial score (nSPS) is 14.7. The van der Waals surface area contributed by atoms with Crippen molar-refractivity contribution >= 4 is 5.97 Å². The van der Waals surface area contributed by atoms with Crippen LogP contribution in [0.25, 0.3) is 0 Å². The molecule has 0 radical (unpaired) electrons. The Morgan fingerprint density at radius 3 is 2.57 bits per heavy atom. The molecule has 1 aromatic rings. The zero-order valence-electron chi connectivity index (χ0n) is 7.04. The number of aliphatic hydroxyl groups excluding tert-OH is 2. The third-order valence-electron chi connectivity index (χ3n) is 1.73. The Kier molecular flexibility index (Phi) is 3.00. The zero-order valence-corrected chi connectivity index (χ0v) is 7.04. The lowest BCUT2D eigenvalue weighted by Crippen LogP contribution is -2.30. The van der Waals surface area contributed by atoms with Crippen molar-refractivity contribution < 1.29 is 20.1 Å². The van der Waals surface area contributed by atoms with Gasteiger partial charge in [0, 0.05) is 24.0 Å². The molecule has 0 saturated heterocycles. The minimum atomic E-state index is -2.00. The van der Waals surface area contributed by atoms with Gasteiger partial charge in [-0.05, 0) is 0 Å².